The van der Waals surface area contributed by atoms with Crippen LogP contribution in [0.2, 0.25) is 0 Å². The lowest BCUT2D eigenvalue weighted by molar-refractivity contribution is -0.117. The summed E-state index contributed by atoms with van der Waals surface area (Å²) >= 11 is 0. The van der Waals surface area contributed by atoms with Gasteiger partial charge >= 0.3 is 5.97 Å². The van der Waals surface area contributed by atoms with Gasteiger partial charge in [-0.05, 0) is 12.1 Å². The maximum Gasteiger partial charge on any atom is 0.354 e. The second-order valence-electron chi connectivity index (χ2n) is 4.31. The molecule has 0 aliphatic carbocycles. The molecule has 1 aliphatic heterocycles. The first-order valence-electron chi connectivity index (χ1n) is 6.07. The number of carbonyl (C=O) groups is 2. The van der Waals surface area contributed by atoms with E-state index in [1.807, 2.05) is 0 Å². The second-order valence-corrected chi connectivity index (χ2v) is 4.31. The van der Waals surface area contributed by atoms with Gasteiger partial charge in [-0.25, -0.2) is 9.78 Å². The van der Waals surface area contributed by atoms with Crippen LogP contribution in [-0.2, 0) is 4.79 Å². The number of aromatic carboxylic acids is 1. The summed E-state index contributed by atoms with van der Waals surface area (Å²) in [6, 6.07) is 2.90. The van der Waals surface area contributed by atoms with Crippen LogP contribution in [0, 0.1) is 0 Å². The number of hydrogen-bond donors (Lipinski definition) is 3. The van der Waals surface area contributed by atoms with Crippen LogP contribution in [0.25, 0.3) is 0 Å². The van der Waals surface area contributed by atoms with E-state index in [1.165, 1.54) is 18.3 Å². The molecule has 2 rings (SSSR count). The van der Waals surface area contributed by atoms with Crippen molar-refractivity contribution in [3.63, 3.8) is 0 Å². The lowest BCUT2D eigenvalue weighted by Gasteiger charge is -2.26. The van der Waals surface area contributed by atoms with Crippen molar-refractivity contribution in [2.45, 2.75) is 0 Å². The van der Waals surface area contributed by atoms with E-state index in [0.717, 1.165) is 26.2 Å². The van der Waals surface area contributed by atoms with E-state index >= 15 is 0 Å². The van der Waals surface area contributed by atoms with Crippen LogP contribution < -0.4 is 10.6 Å². The lowest BCUT2D eigenvalue weighted by atomic mass is 10.3. The number of nitrogens with one attached hydrogen (secondary N) is 2. The summed E-state index contributed by atoms with van der Waals surface area (Å²) in [5.41, 5.74) is 0.463. The van der Waals surface area contributed by atoms with Gasteiger partial charge in [0.25, 0.3) is 0 Å². The molecule has 1 aromatic rings. The van der Waals surface area contributed by atoms with E-state index in [0.29, 0.717) is 12.2 Å². The first kappa shape index (κ1) is 13.4. The summed E-state index contributed by atoms with van der Waals surface area (Å²) in [6.45, 7) is 3.82. The molecule has 1 fully saturated rings. The molecule has 1 aliphatic rings. The fourth-order valence-electron chi connectivity index (χ4n) is 1.87. The highest BCUT2D eigenvalue weighted by Gasteiger charge is 2.13. The summed E-state index contributed by atoms with van der Waals surface area (Å²) in [4.78, 5) is 28.2. The quantitative estimate of drug-likeness (QED) is 0.686. The van der Waals surface area contributed by atoms with Crippen molar-refractivity contribution in [3.05, 3.63) is 24.0 Å². The monoisotopic (exact) mass is 264 g/mol. The van der Waals surface area contributed by atoms with Gasteiger partial charge in [-0.15, -0.1) is 0 Å². The smallest absolute Gasteiger partial charge is 0.354 e. The minimum atomic E-state index is -1.08. The van der Waals surface area contributed by atoms with Crippen LogP contribution in [0.1, 0.15) is 10.5 Å². The van der Waals surface area contributed by atoms with E-state index in [9.17, 15) is 9.59 Å². The first-order valence-corrected chi connectivity index (χ1v) is 6.07. The molecular weight excluding hydrogens is 248 g/mol. The van der Waals surface area contributed by atoms with Crippen LogP contribution in [0.3, 0.4) is 0 Å². The Morgan fingerprint density at radius 1 is 1.37 bits per heavy atom. The van der Waals surface area contributed by atoms with Gasteiger partial charge in [-0.2, -0.15) is 0 Å². The predicted molar refractivity (Wildman–Crippen MR) is 69.1 cm³/mol. The molecule has 0 aromatic carbocycles. The molecule has 3 N–H and O–H groups in total. The maximum absolute atomic E-state index is 11.8. The SMILES string of the molecule is O=C(CN1CCNCC1)Nc1ccc(C(=O)O)nc1. The van der Waals surface area contributed by atoms with E-state index in [1.54, 1.807) is 0 Å². The Kier molecular flexibility index (Phi) is 4.43. The number of amides is 1. The molecule has 1 saturated heterocycles. The number of anilines is 1. The number of hydrogen-bond acceptors (Lipinski definition) is 5. The van der Waals surface area contributed by atoms with Crippen LogP contribution in [-0.4, -0.2) is 59.6 Å². The normalized spacial score (nSPS) is 16.0. The molecule has 0 bridgehead atoms. The molecule has 0 atom stereocenters. The topological polar surface area (TPSA) is 94.6 Å². The molecule has 0 radical (unpaired) electrons. The van der Waals surface area contributed by atoms with E-state index < -0.39 is 5.97 Å². The number of nitrogens with zero attached hydrogens (tertiary/aromatic N) is 2. The summed E-state index contributed by atoms with van der Waals surface area (Å²) in [6.07, 6.45) is 1.35. The van der Waals surface area contributed by atoms with E-state index in [2.05, 4.69) is 20.5 Å². The van der Waals surface area contributed by atoms with Gasteiger partial charge in [0.1, 0.15) is 5.69 Å². The van der Waals surface area contributed by atoms with Crippen molar-refractivity contribution in [1.29, 1.82) is 0 Å². The second kappa shape index (κ2) is 6.26. The van der Waals surface area contributed by atoms with Gasteiger partial charge in [-0.1, -0.05) is 0 Å². The Bertz CT molecular complexity index is 455. The first-order chi connectivity index (χ1) is 9.15. The lowest BCUT2D eigenvalue weighted by Crippen LogP contribution is -2.46. The van der Waals surface area contributed by atoms with Crippen LogP contribution in [0.4, 0.5) is 5.69 Å². The molecule has 0 saturated carbocycles. The zero-order valence-corrected chi connectivity index (χ0v) is 10.4. The molecule has 19 heavy (non-hydrogen) atoms. The Balaban J connectivity index is 1.85. The third-order valence-corrected chi connectivity index (χ3v) is 2.84. The molecule has 2 heterocycles. The molecule has 0 unspecified atom stereocenters. The highest BCUT2D eigenvalue weighted by molar-refractivity contribution is 5.92. The number of pyridine rings is 1. The Hall–Kier alpha value is -1.99. The summed E-state index contributed by atoms with van der Waals surface area (Å²) in [5, 5.41) is 14.6. The molecule has 0 spiro atoms. The van der Waals surface area contributed by atoms with Crippen molar-refractivity contribution in [2.24, 2.45) is 0 Å². The van der Waals surface area contributed by atoms with Crippen LogP contribution in [0.5, 0.6) is 0 Å². The van der Waals surface area contributed by atoms with Crippen LogP contribution >= 0.6 is 0 Å². The van der Waals surface area contributed by atoms with Crippen molar-refractivity contribution in [2.75, 3.05) is 38.0 Å². The fourth-order valence-corrected chi connectivity index (χ4v) is 1.87. The fraction of sp³-hybridized carbons (Fsp3) is 0.417. The van der Waals surface area contributed by atoms with Gasteiger partial charge in [0.15, 0.2) is 0 Å². The van der Waals surface area contributed by atoms with Crippen molar-refractivity contribution < 1.29 is 14.7 Å². The van der Waals surface area contributed by atoms with Crippen molar-refractivity contribution in [1.82, 2.24) is 15.2 Å². The molecule has 1 aromatic heterocycles. The molecule has 1 amide bonds. The highest BCUT2D eigenvalue weighted by Crippen LogP contribution is 2.06. The Labute approximate surface area is 110 Å². The van der Waals surface area contributed by atoms with Crippen molar-refractivity contribution in [3.8, 4) is 0 Å². The summed E-state index contributed by atoms with van der Waals surface area (Å²) < 4.78 is 0. The number of piperazine rings is 1. The van der Waals surface area contributed by atoms with Gasteiger partial charge in [0, 0.05) is 26.2 Å². The number of carbonyl (C=O) groups excluding carboxylic acids is 1. The number of aromatic nitrogens is 1. The maximum atomic E-state index is 11.8. The zero-order valence-electron chi connectivity index (χ0n) is 10.4. The Morgan fingerprint density at radius 3 is 2.68 bits per heavy atom. The largest absolute Gasteiger partial charge is 0.477 e. The molecule has 7 nitrogen and oxygen atoms in total. The highest BCUT2D eigenvalue weighted by atomic mass is 16.4. The number of carboxylic acids is 1. The Morgan fingerprint density at radius 2 is 2.11 bits per heavy atom. The van der Waals surface area contributed by atoms with E-state index in [-0.39, 0.29) is 11.6 Å². The van der Waals surface area contributed by atoms with Gasteiger partial charge < -0.3 is 15.7 Å². The predicted octanol–water partition coefficient (Wildman–Crippen LogP) is -0.376. The number of rotatable bonds is 4. The summed E-state index contributed by atoms with van der Waals surface area (Å²) in [7, 11) is 0. The average Bonchev–Trinajstić information content (AvgIpc) is 2.40. The summed E-state index contributed by atoms with van der Waals surface area (Å²) in [5.74, 6) is -1.20. The minimum absolute atomic E-state index is 0.0416. The molecule has 102 valence electrons. The van der Waals surface area contributed by atoms with Gasteiger partial charge in [-0.3, -0.25) is 9.69 Å². The third-order valence-electron chi connectivity index (χ3n) is 2.84. The standard InChI is InChI=1S/C12H16N4O3/c17-11(8-16-5-3-13-4-6-16)15-9-1-2-10(12(18)19)14-7-9/h1-2,7,13H,3-6,8H2,(H,15,17)(H,18,19). The van der Waals surface area contributed by atoms with Gasteiger partial charge in [0.2, 0.25) is 5.91 Å². The average molecular weight is 264 g/mol. The van der Waals surface area contributed by atoms with Crippen LogP contribution in [0.15, 0.2) is 18.3 Å². The minimum Gasteiger partial charge on any atom is -0.477 e. The zero-order chi connectivity index (χ0) is 13.7. The third kappa shape index (κ3) is 4.01. The number of carboxylic acid groups (broad SMARTS) is 1. The van der Waals surface area contributed by atoms with Crippen molar-refractivity contribution >= 4 is 17.6 Å². The molecule has 7 heteroatoms. The molecular formula is C12H16N4O3. The van der Waals surface area contributed by atoms with Gasteiger partial charge in [0.05, 0.1) is 18.4 Å². The van der Waals surface area contributed by atoms with E-state index in [4.69, 9.17) is 5.11 Å².